The van der Waals surface area contributed by atoms with E-state index in [0.29, 0.717) is 54.3 Å². The molecule has 2 amide bonds. The molecule has 2 aromatic carbocycles. The van der Waals surface area contributed by atoms with Gasteiger partial charge < -0.3 is 20.3 Å². The van der Waals surface area contributed by atoms with E-state index in [9.17, 15) is 14.0 Å². The van der Waals surface area contributed by atoms with Crippen molar-refractivity contribution in [3.63, 3.8) is 0 Å². The van der Waals surface area contributed by atoms with Crippen LogP contribution in [0.4, 0.5) is 20.7 Å². The molecule has 2 aromatic heterocycles. The Bertz CT molecular complexity index is 1380. The molecule has 0 saturated carbocycles. The normalized spacial score (nSPS) is 14.0. The summed E-state index contributed by atoms with van der Waals surface area (Å²) < 4.78 is 20.3. The Labute approximate surface area is 206 Å². The molecule has 1 aliphatic heterocycles. The number of likely N-dealkylation sites (tertiary alicyclic amines) is 1. The number of nitrogens with zero attached hydrogens (tertiary/aromatic N) is 4. The summed E-state index contributed by atoms with van der Waals surface area (Å²) in [6.45, 7) is 2.83. The highest BCUT2D eigenvalue weighted by Gasteiger charge is 2.23. The predicted octanol–water partition coefficient (Wildman–Crippen LogP) is 4.67. The second-order valence-electron chi connectivity index (χ2n) is 8.58. The van der Waals surface area contributed by atoms with Crippen LogP contribution in [0.2, 0.25) is 0 Å². The summed E-state index contributed by atoms with van der Waals surface area (Å²) >= 11 is 0. The summed E-state index contributed by atoms with van der Waals surface area (Å²) in [4.78, 5) is 34.9. The van der Waals surface area contributed by atoms with E-state index in [-0.39, 0.29) is 23.8 Å². The van der Waals surface area contributed by atoms with Crippen molar-refractivity contribution in [3.8, 4) is 11.5 Å². The van der Waals surface area contributed by atoms with Crippen molar-refractivity contribution in [2.45, 2.75) is 25.8 Å². The maximum Gasteiger partial charge on any atom is 0.327 e. The van der Waals surface area contributed by atoms with Crippen LogP contribution in [0, 0.1) is 5.82 Å². The molecule has 36 heavy (non-hydrogen) atoms. The molecule has 0 spiro atoms. The van der Waals surface area contributed by atoms with Gasteiger partial charge in [0.25, 0.3) is 0 Å². The van der Waals surface area contributed by atoms with Gasteiger partial charge in [0.05, 0.1) is 5.39 Å². The summed E-state index contributed by atoms with van der Waals surface area (Å²) in [6, 6.07) is 14.6. The fraction of sp³-hybridized carbons (Fsp3) is 0.231. The van der Waals surface area contributed by atoms with Crippen molar-refractivity contribution in [2.75, 3.05) is 18.4 Å². The van der Waals surface area contributed by atoms with Gasteiger partial charge in [0.2, 0.25) is 5.91 Å². The van der Waals surface area contributed by atoms with Crippen molar-refractivity contribution in [1.29, 1.82) is 0 Å². The maximum atomic E-state index is 13.1. The van der Waals surface area contributed by atoms with Gasteiger partial charge in [-0.05, 0) is 67.4 Å². The highest BCUT2D eigenvalue weighted by molar-refractivity contribution is 5.95. The van der Waals surface area contributed by atoms with Crippen LogP contribution >= 0.6 is 0 Å². The third kappa shape index (κ3) is 5.12. The first-order valence-corrected chi connectivity index (χ1v) is 11.7. The molecule has 1 saturated heterocycles. The number of anilines is 2. The summed E-state index contributed by atoms with van der Waals surface area (Å²) in [6.07, 6.45) is 4.51. The standard InChI is InChI=1S/C26H25FN6O3/c1-17(34)32-13-10-20(11-14-32)31-26(35)33-15-12-23-24(28-16-29-25(23)33)30-19-4-8-22(9-5-19)36-21-6-2-18(27)3-7-21/h2-9,12,15-16,20H,10-11,13-14H2,1H3,(H,31,35)(H,28,29,30). The van der Waals surface area contributed by atoms with Crippen LogP contribution in [0.25, 0.3) is 11.0 Å². The van der Waals surface area contributed by atoms with E-state index < -0.39 is 0 Å². The Balaban J connectivity index is 1.26. The third-order valence-corrected chi connectivity index (χ3v) is 6.13. The molecule has 9 nitrogen and oxygen atoms in total. The fourth-order valence-electron chi connectivity index (χ4n) is 4.18. The minimum Gasteiger partial charge on any atom is -0.457 e. The lowest BCUT2D eigenvalue weighted by Crippen LogP contribution is -2.46. The zero-order valence-corrected chi connectivity index (χ0v) is 19.6. The fourth-order valence-corrected chi connectivity index (χ4v) is 4.18. The van der Waals surface area contributed by atoms with Gasteiger partial charge >= 0.3 is 6.03 Å². The molecule has 1 fully saturated rings. The lowest BCUT2D eigenvalue weighted by Gasteiger charge is -2.31. The second kappa shape index (κ2) is 10.0. The average Bonchev–Trinajstić information content (AvgIpc) is 3.32. The van der Waals surface area contributed by atoms with Crippen molar-refractivity contribution in [1.82, 2.24) is 24.8 Å². The van der Waals surface area contributed by atoms with Crippen LogP contribution in [-0.2, 0) is 4.79 Å². The number of halogens is 1. The highest BCUT2D eigenvalue weighted by atomic mass is 19.1. The van der Waals surface area contributed by atoms with Crippen LogP contribution in [0.5, 0.6) is 11.5 Å². The molecule has 2 N–H and O–H groups in total. The number of benzene rings is 2. The summed E-state index contributed by atoms with van der Waals surface area (Å²) in [7, 11) is 0. The number of carbonyl (C=O) groups excluding carboxylic acids is 2. The van der Waals surface area contributed by atoms with Gasteiger partial charge in [-0.2, -0.15) is 0 Å². The van der Waals surface area contributed by atoms with E-state index in [1.54, 1.807) is 48.4 Å². The van der Waals surface area contributed by atoms with E-state index in [2.05, 4.69) is 20.6 Å². The SMILES string of the molecule is CC(=O)N1CCC(NC(=O)n2ccc3c(Nc4ccc(Oc5ccc(F)cc5)cc4)ncnc32)CC1. The molecule has 1 aliphatic rings. The van der Waals surface area contributed by atoms with Crippen LogP contribution in [0.15, 0.2) is 67.1 Å². The summed E-state index contributed by atoms with van der Waals surface area (Å²) in [5, 5.41) is 7.00. The first kappa shape index (κ1) is 23.3. The third-order valence-electron chi connectivity index (χ3n) is 6.13. The van der Waals surface area contributed by atoms with Crippen molar-refractivity contribution < 1.29 is 18.7 Å². The number of nitrogens with one attached hydrogen (secondary N) is 2. The van der Waals surface area contributed by atoms with Crippen LogP contribution in [-0.4, -0.2) is 50.5 Å². The smallest absolute Gasteiger partial charge is 0.327 e. The number of piperidine rings is 1. The van der Waals surface area contributed by atoms with E-state index in [1.807, 2.05) is 12.1 Å². The van der Waals surface area contributed by atoms with Crippen molar-refractivity contribution >= 4 is 34.5 Å². The van der Waals surface area contributed by atoms with Gasteiger partial charge in [-0.3, -0.25) is 9.36 Å². The van der Waals surface area contributed by atoms with Gasteiger partial charge in [0.15, 0.2) is 5.65 Å². The van der Waals surface area contributed by atoms with Crippen molar-refractivity contribution in [2.24, 2.45) is 0 Å². The quantitative estimate of drug-likeness (QED) is 0.423. The van der Waals surface area contributed by atoms with Gasteiger partial charge in [-0.1, -0.05) is 0 Å². The Morgan fingerprint density at radius 3 is 2.31 bits per heavy atom. The lowest BCUT2D eigenvalue weighted by atomic mass is 10.1. The highest BCUT2D eigenvalue weighted by Crippen LogP contribution is 2.27. The van der Waals surface area contributed by atoms with Gasteiger partial charge in [0.1, 0.15) is 29.5 Å². The minimum absolute atomic E-state index is 0.000579. The molecule has 0 bridgehead atoms. The number of ether oxygens (including phenoxy) is 1. The number of fused-ring (bicyclic) bond motifs is 1. The average molecular weight is 489 g/mol. The molecule has 5 rings (SSSR count). The molecular formula is C26H25FN6O3. The molecule has 0 aliphatic carbocycles. The zero-order valence-electron chi connectivity index (χ0n) is 19.6. The van der Waals surface area contributed by atoms with Crippen LogP contribution in [0.3, 0.4) is 0 Å². The zero-order chi connectivity index (χ0) is 25.1. The number of aromatic nitrogens is 3. The Kier molecular flexibility index (Phi) is 6.48. The number of hydrogen-bond donors (Lipinski definition) is 2. The monoisotopic (exact) mass is 488 g/mol. The molecule has 184 valence electrons. The molecule has 0 atom stereocenters. The molecule has 10 heteroatoms. The predicted molar refractivity (Wildman–Crippen MR) is 133 cm³/mol. The Morgan fingerprint density at radius 2 is 1.64 bits per heavy atom. The molecule has 0 unspecified atom stereocenters. The van der Waals surface area contributed by atoms with Crippen LogP contribution in [0.1, 0.15) is 19.8 Å². The number of hydrogen-bond acceptors (Lipinski definition) is 6. The van der Waals surface area contributed by atoms with E-state index in [0.717, 1.165) is 5.69 Å². The summed E-state index contributed by atoms with van der Waals surface area (Å²) in [5.74, 6) is 1.45. The van der Waals surface area contributed by atoms with E-state index >= 15 is 0 Å². The lowest BCUT2D eigenvalue weighted by molar-refractivity contribution is -0.129. The number of rotatable bonds is 5. The summed E-state index contributed by atoms with van der Waals surface area (Å²) in [5.41, 5.74) is 1.26. The van der Waals surface area contributed by atoms with Gasteiger partial charge in [-0.25, -0.2) is 19.2 Å². The minimum atomic E-state index is -0.320. The first-order chi connectivity index (χ1) is 17.5. The maximum absolute atomic E-state index is 13.1. The van der Waals surface area contributed by atoms with Gasteiger partial charge in [-0.15, -0.1) is 0 Å². The molecular weight excluding hydrogens is 463 g/mol. The van der Waals surface area contributed by atoms with E-state index in [1.165, 1.54) is 23.0 Å². The van der Waals surface area contributed by atoms with E-state index in [4.69, 9.17) is 4.74 Å². The largest absolute Gasteiger partial charge is 0.457 e. The number of carbonyl (C=O) groups is 2. The molecule has 0 radical (unpaired) electrons. The number of amides is 2. The molecule has 4 aromatic rings. The van der Waals surface area contributed by atoms with Crippen molar-refractivity contribution in [3.05, 3.63) is 72.9 Å². The van der Waals surface area contributed by atoms with Gasteiger partial charge in [0, 0.05) is 37.9 Å². The topological polar surface area (TPSA) is 101 Å². The second-order valence-corrected chi connectivity index (χ2v) is 8.58. The first-order valence-electron chi connectivity index (χ1n) is 11.7. The Morgan fingerprint density at radius 1 is 0.972 bits per heavy atom. The molecule has 3 heterocycles. The Hall–Kier alpha value is -4.47. The van der Waals surface area contributed by atoms with Crippen LogP contribution < -0.4 is 15.4 Å².